The Hall–Kier alpha value is -3.64. The minimum absolute atomic E-state index is 0.379. The van der Waals surface area contributed by atoms with Crippen molar-refractivity contribution in [1.82, 2.24) is 4.98 Å². The first-order valence-corrected chi connectivity index (χ1v) is 12.3. The molecule has 5 aromatic rings. The molecule has 5 rings (SSSR count). The van der Waals surface area contributed by atoms with Crippen molar-refractivity contribution >= 4 is 54.4 Å². The first-order chi connectivity index (χ1) is 15.9. The average molecular weight is 459 g/mol. The molecule has 0 atom stereocenters. The molecule has 0 bridgehead atoms. The van der Waals surface area contributed by atoms with Crippen LogP contribution in [-0.2, 0) is 16.4 Å². The minimum Gasteiger partial charge on any atom is -0.354 e. The number of aryl methyl sites for hydroxylation is 1. The molecular weight excluding hydrogens is 435 g/mol. The molecule has 0 aliphatic carbocycles. The van der Waals surface area contributed by atoms with Gasteiger partial charge in [0.1, 0.15) is 10.7 Å². The van der Waals surface area contributed by atoms with Crippen LogP contribution in [0.2, 0.25) is 0 Å². The fourth-order valence-electron chi connectivity index (χ4n) is 4.51. The molecule has 0 spiro atoms. The van der Waals surface area contributed by atoms with Crippen LogP contribution in [0.1, 0.15) is 25.0 Å². The summed E-state index contributed by atoms with van der Waals surface area (Å²) in [6.45, 7) is 4.10. The zero-order valence-electron chi connectivity index (χ0n) is 18.3. The summed E-state index contributed by atoms with van der Waals surface area (Å²) in [5.74, 6) is -0.787. The molecule has 0 unspecified atom stereocenters. The van der Waals surface area contributed by atoms with Crippen LogP contribution in [0.15, 0.2) is 77.7 Å². The topological polar surface area (TPSA) is 62.0 Å². The number of rotatable bonds is 5. The maximum atomic E-state index is 14.3. The number of aromatic nitrogens is 1. The zero-order chi connectivity index (χ0) is 23.2. The number of allylic oxidation sites excluding steroid dienone is 1. The Morgan fingerprint density at radius 3 is 2.42 bits per heavy atom. The number of aromatic amines is 1. The van der Waals surface area contributed by atoms with Crippen molar-refractivity contribution in [1.29, 1.82) is 0 Å². The summed E-state index contributed by atoms with van der Waals surface area (Å²) in [6, 6.07) is 19.0. The third-order valence-electron chi connectivity index (χ3n) is 5.99. The van der Waals surface area contributed by atoms with E-state index in [1.165, 1.54) is 23.8 Å². The van der Waals surface area contributed by atoms with Crippen LogP contribution in [0.25, 0.3) is 38.7 Å². The second kappa shape index (κ2) is 8.05. The van der Waals surface area contributed by atoms with Gasteiger partial charge in [0.15, 0.2) is 0 Å². The average Bonchev–Trinajstić information content (AvgIpc) is 3.18. The van der Waals surface area contributed by atoms with Gasteiger partial charge in [-0.05, 0) is 48.7 Å². The number of hydrogen-bond donors (Lipinski definition) is 2. The highest BCUT2D eigenvalue weighted by atomic mass is 32.2. The van der Waals surface area contributed by atoms with Crippen molar-refractivity contribution in [2.24, 2.45) is 0 Å². The van der Waals surface area contributed by atoms with Gasteiger partial charge in [-0.1, -0.05) is 61.5 Å². The van der Waals surface area contributed by atoms with Crippen LogP contribution in [-0.4, -0.2) is 13.4 Å². The predicted octanol–water partition coefficient (Wildman–Crippen LogP) is 7.01. The monoisotopic (exact) mass is 458 g/mol. The lowest BCUT2D eigenvalue weighted by atomic mass is 9.97. The number of nitrogens with one attached hydrogen (secondary N) is 2. The van der Waals surface area contributed by atoms with E-state index in [1.54, 1.807) is 0 Å². The second-order valence-corrected chi connectivity index (χ2v) is 9.62. The highest BCUT2D eigenvalue weighted by molar-refractivity contribution is 7.92. The van der Waals surface area contributed by atoms with Crippen molar-refractivity contribution in [3.63, 3.8) is 0 Å². The maximum absolute atomic E-state index is 14.3. The Morgan fingerprint density at radius 1 is 0.970 bits per heavy atom. The van der Waals surface area contributed by atoms with Crippen molar-refractivity contribution in [2.75, 3.05) is 4.72 Å². The molecule has 1 heterocycles. The lowest BCUT2D eigenvalue weighted by Gasteiger charge is -2.13. The van der Waals surface area contributed by atoms with Crippen molar-refractivity contribution in [3.8, 4) is 0 Å². The van der Waals surface area contributed by atoms with E-state index in [0.29, 0.717) is 5.69 Å². The van der Waals surface area contributed by atoms with E-state index in [1.807, 2.05) is 43.3 Å². The molecule has 4 nitrogen and oxygen atoms in total. The highest BCUT2D eigenvalue weighted by Gasteiger charge is 2.21. The third-order valence-corrected chi connectivity index (χ3v) is 7.39. The smallest absolute Gasteiger partial charge is 0.264 e. The largest absolute Gasteiger partial charge is 0.354 e. The fraction of sp³-hybridized carbons (Fsp3) is 0.111. The Morgan fingerprint density at radius 2 is 1.70 bits per heavy atom. The molecule has 166 valence electrons. The SMILES string of the molecule is C/C=C\c1c(CC)ccc2[nH]c3c4ccccc4c(NS(=O)(=O)c4ccccc4F)cc3c12. The first-order valence-electron chi connectivity index (χ1n) is 10.8. The van der Waals surface area contributed by atoms with Crippen LogP contribution in [0.4, 0.5) is 10.1 Å². The summed E-state index contributed by atoms with van der Waals surface area (Å²) in [6.07, 6.45) is 4.98. The van der Waals surface area contributed by atoms with Gasteiger partial charge in [-0.25, -0.2) is 12.8 Å². The van der Waals surface area contributed by atoms with E-state index in [2.05, 4.69) is 34.8 Å². The molecule has 0 radical (unpaired) electrons. The molecule has 1 aromatic heterocycles. The molecule has 0 fully saturated rings. The molecular formula is C27H23FN2O2S. The van der Waals surface area contributed by atoms with E-state index < -0.39 is 15.8 Å². The second-order valence-electron chi connectivity index (χ2n) is 7.97. The van der Waals surface area contributed by atoms with Crippen LogP contribution in [0, 0.1) is 5.82 Å². The van der Waals surface area contributed by atoms with Gasteiger partial charge in [0.05, 0.1) is 11.2 Å². The highest BCUT2D eigenvalue weighted by Crippen LogP contribution is 2.39. The standard InChI is InChI=1S/C27H23FN2O2S/c1-3-9-18-17(4-2)14-15-23-26(18)21-16-24(19-10-5-6-11-20(19)27(21)29-23)30-33(31,32)25-13-8-7-12-22(25)28/h3,5-16,29-30H,4H2,1-2H3/b9-3-. The van der Waals surface area contributed by atoms with Crippen molar-refractivity contribution < 1.29 is 12.8 Å². The van der Waals surface area contributed by atoms with E-state index in [9.17, 15) is 12.8 Å². The zero-order valence-corrected chi connectivity index (χ0v) is 19.1. The van der Waals surface area contributed by atoms with Crippen LogP contribution >= 0.6 is 0 Å². The van der Waals surface area contributed by atoms with Gasteiger partial charge in [-0.15, -0.1) is 0 Å². The van der Waals surface area contributed by atoms with E-state index in [4.69, 9.17) is 0 Å². The number of sulfonamides is 1. The van der Waals surface area contributed by atoms with Gasteiger partial charge in [0.25, 0.3) is 10.0 Å². The summed E-state index contributed by atoms with van der Waals surface area (Å²) < 4.78 is 43.2. The molecule has 4 aromatic carbocycles. The molecule has 0 aliphatic rings. The number of fused-ring (bicyclic) bond motifs is 5. The number of halogens is 1. The lowest BCUT2D eigenvalue weighted by Crippen LogP contribution is -2.14. The van der Waals surface area contributed by atoms with Gasteiger partial charge >= 0.3 is 0 Å². The maximum Gasteiger partial charge on any atom is 0.264 e. The van der Waals surface area contributed by atoms with Crippen LogP contribution < -0.4 is 4.72 Å². The summed E-state index contributed by atoms with van der Waals surface area (Å²) in [4.78, 5) is 3.15. The summed E-state index contributed by atoms with van der Waals surface area (Å²) in [7, 11) is -4.12. The van der Waals surface area contributed by atoms with E-state index in [-0.39, 0.29) is 4.90 Å². The Balaban J connectivity index is 1.84. The first kappa shape index (κ1) is 21.2. The molecule has 0 saturated carbocycles. The molecule has 2 N–H and O–H groups in total. The van der Waals surface area contributed by atoms with E-state index in [0.717, 1.165) is 50.6 Å². The minimum atomic E-state index is -4.12. The third kappa shape index (κ3) is 3.47. The van der Waals surface area contributed by atoms with Gasteiger partial charge in [-0.2, -0.15) is 0 Å². The molecule has 0 saturated heterocycles. The van der Waals surface area contributed by atoms with Gasteiger partial charge in [0.2, 0.25) is 0 Å². The number of anilines is 1. The molecule has 0 amide bonds. The summed E-state index contributed by atoms with van der Waals surface area (Å²) >= 11 is 0. The Bertz CT molecular complexity index is 1670. The number of H-pyrrole nitrogens is 1. The van der Waals surface area contributed by atoms with Crippen molar-refractivity contribution in [2.45, 2.75) is 25.2 Å². The number of benzene rings is 4. The van der Waals surface area contributed by atoms with Crippen molar-refractivity contribution in [3.05, 3.63) is 89.8 Å². The van der Waals surface area contributed by atoms with E-state index >= 15 is 0 Å². The number of hydrogen-bond acceptors (Lipinski definition) is 2. The van der Waals surface area contributed by atoms with Gasteiger partial charge in [-0.3, -0.25) is 4.72 Å². The summed E-state index contributed by atoms with van der Waals surface area (Å²) in [5.41, 5.74) is 4.66. The van der Waals surface area contributed by atoms with Gasteiger partial charge in [0, 0.05) is 27.1 Å². The van der Waals surface area contributed by atoms with Crippen LogP contribution in [0.5, 0.6) is 0 Å². The molecule has 33 heavy (non-hydrogen) atoms. The van der Waals surface area contributed by atoms with Crippen LogP contribution in [0.3, 0.4) is 0 Å². The van der Waals surface area contributed by atoms with Gasteiger partial charge < -0.3 is 4.98 Å². The lowest BCUT2D eigenvalue weighted by molar-refractivity contribution is 0.570. The summed E-state index contributed by atoms with van der Waals surface area (Å²) in [5, 5.41) is 3.58. The Kier molecular flexibility index (Phi) is 5.17. The fourth-order valence-corrected chi connectivity index (χ4v) is 5.66. The normalized spacial score (nSPS) is 12.3. The predicted molar refractivity (Wildman–Crippen MR) is 135 cm³/mol. The molecule has 6 heteroatoms. The Labute approximate surface area is 191 Å². The molecule has 0 aliphatic heterocycles. The quantitative estimate of drug-likeness (QED) is 0.298.